The zero-order valence-corrected chi connectivity index (χ0v) is 17.5. The maximum Gasteiger partial charge on any atom is 0.250 e. The number of likely N-dealkylation sites (tertiary alicyclic amines) is 2. The summed E-state index contributed by atoms with van der Waals surface area (Å²) in [6, 6.07) is 6.24. The van der Waals surface area contributed by atoms with Crippen molar-refractivity contribution in [3.63, 3.8) is 0 Å². The number of rotatable bonds is 5. The van der Waals surface area contributed by atoms with Crippen LogP contribution in [-0.4, -0.2) is 52.5 Å². The lowest BCUT2D eigenvalue weighted by Crippen LogP contribution is -2.50. The van der Waals surface area contributed by atoms with E-state index < -0.39 is 0 Å². The summed E-state index contributed by atoms with van der Waals surface area (Å²) < 4.78 is 2.00. The predicted octanol–water partition coefficient (Wildman–Crippen LogP) is 3.08. The van der Waals surface area contributed by atoms with Gasteiger partial charge in [-0.1, -0.05) is 19.9 Å². The van der Waals surface area contributed by atoms with E-state index in [1.54, 1.807) is 6.07 Å². The van der Waals surface area contributed by atoms with Crippen LogP contribution in [0.2, 0.25) is 0 Å². The van der Waals surface area contributed by atoms with Gasteiger partial charge in [0.15, 0.2) is 0 Å². The Morgan fingerprint density at radius 1 is 1.11 bits per heavy atom. The first-order chi connectivity index (χ1) is 13.5. The van der Waals surface area contributed by atoms with Crippen LogP contribution in [0.1, 0.15) is 64.0 Å². The maximum absolute atomic E-state index is 12.6. The third-order valence-electron chi connectivity index (χ3n) is 7.01. The molecule has 2 saturated heterocycles. The van der Waals surface area contributed by atoms with E-state index in [4.69, 9.17) is 0 Å². The lowest BCUT2D eigenvalue weighted by atomic mass is 9.82. The molecule has 28 heavy (non-hydrogen) atoms. The maximum atomic E-state index is 12.6. The number of amides is 1. The number of piperidine rings is 1. The summed E-state index contributed by atoms with van der Waals surface area (Å²) in [6.07, 6.45) is 6.28. The van der Waals surface area contributed by atoms with E-state index in [-0.39, 0.29) is 5.56 Å². The van der Waals surface area contributed by atoms with Crippen molar-refractivity contribution in [1.29, 1.82) is 0 Å². The number of carbonyl (C=O) groups is 1. The van der Waals surface area contributed by atoms with Crippen molar-refractivity contribution in [3.05, 3.63) is 34.2 Å². The Morgan fingerprint density at radius 2 is 1.96 bits per heavy atom. The summed E-state index contributed by atoms with van der Waals surface area (Å²) in [6.45, 7) is 9.29. The van der Waals surface area contributed by atoms with Gasteiger partial charge in [0, 0.05) is 62.9 Å². The van der Waals surface area contributed by atoms with E-state index in [1.807, 2.05) is 10.6 Å². The van der Waals surface area contributed by atoms with E-state index in [0.29, 0.717) is 36.1 Å². The molecule has 2 bridgehead atoms. The SMILES string of the molecule is CC(C)CCCN1CCC(N2C[C@H]3C[C@@H](C2)c2cccc(=O)n2C3)CCC1=O. The van der Waals surface area contributed by atoms with Crippen molar-refractivity contribution in [2.45, 2.75) is 70.9 Å². The molecule has 0 aromatic carbocycles. The van der Waals surface area contributed by atoms with Crippen molar-refractivity contribution in [1.82, 2.24) is 14.4 Å². The summed E-state index contributed by atoms with van der Waals surface area (Å²) >= 11 is 0. The Hall–Kier alpha value is -1.62. The monoisotopic (exact) mass is 385 g/mol. The smallest absolute Gasteiger partial charge is 0.250 e. The Kier molecular flexibility index (Phi) is 5.91. The molecule has 1 unspecified atom stereocenters. The molecule has 154 valence electrons. The highest BCUT2D eigenvalue weighted by atomic mass is 16.2. The molecule has 4 rings (SSSR count). The van der Waals surface area contributed by atoms with Gasteiger partial charge in [0.2, 0.25) is 5.91 Å². The zero-order chi connectivity index (χ0) is 19.7. The Bertz CT molecular complexity index is 756. The molecule has 0 radical (unpaired) electrons. The Morgan fingerprint density at radius 3 is 2.79 bits per heavy atom. The van der Waals surface area contributed by atoms with Crippen LogP contribution in [0.3, 0.4) is 0 Å². The van der Waals surface area contributed by atoms with Gasteiger partial charge in [0.05, 0.1) is 0 Å². The number of pyridine rings is 1. The van der Waals surface area contributed by atoms with Gasteiger partial charge in [-0.2, -0.15) is 0 Å². The molecule has 0 saturated carbocycles. The van der Waals surface area contributed by atoms with Gasteiger partial charge in [-0.15, -0.1) is 0 Å². The van der Waals surface area contributed by atoms with Crippen LogP contribution in [0.4, 0.5) is 0 Å². The molecule has 0 spiro atoms. The molecule has 5 nitrogen and oxygen atoms in total. The summed E-state index contributed by atoms with van der Waals surface area (Å²) in [4.78, 5) is 29.6. The molecule has 3 atom stereocenters. The van der Waals surface area contributed by atoms with Crippen LogP contribution >= 0.6 is 0 Å². The first-order valence-corrected chi connectivity index (χ1v) is 11.2. The first-order valence-electron chi connectivity index (χ1n) is 11.2. The van der Waals surface area contributed by atoms with Crippen LogP contribution < -0.4 is 5.56 Å². The van der Waals surface area contributed by atoms with Crippen LogP contribution in [-0.2, 0) is 11.3 Å². The van der Waals surface area contributed by atoms with Crippen molar-refractivity contribution >= 4 is 5.91 Å². The number of fused-ring (bicyclic) bond motifs is 4. The molecule has 1 aromatic heterocycles. The van der Waals surface area contributed by atoms with E-state index in [0.717, 1.165) is 52.0 Å². The van der Waals surface area contributed by atoms with Crippen molar-refractivity contribution in [2.75, 3.05) is 26.2 Å². The van der Waals surface area contributed by atoms with Crippen LogP contribution in [0.25, 0.3) is 0 Å². The molecule has 1 amide bonds. The third-order valence-corrected chi connectivity index (χ3v) is 7.01. The van der Waals surface area contributed by atoms with E-state index in [2.05, 4.69) is 29.7 Å². The number of aromatic nitrogens is 1. The summed E-state index contributed by atoms with van der Waals surface area (Å²) in [5.41, 5.74) is 1.37. The molecule has 3 aliphatic rings. The molecule has 0 aliphatic carbocycles. The molecule has 2 fully saturated rings. The molecule has 4 heterocycles. The van der Waals surface area contributed by atoms with E-state index >= 15 is 0 Å². The van der Waals surface area contributed by atoms with Crippen molar-refractivity contribution in [3.8, 4) is 0 Å². The molecule has 0 N–H and O–H groups in total. The standard InChI is InChI=1S/C23H35N3O2/c1-17(2)5-4-11-24-12-10-20(8-9-22(24)27)25-14-18-13-19(16-25)21-6-3-7-23(28)26(21)15-18/h3,6-7,17-20H,4-5,8-16H2,1-2H3/t18-,19+,20?/m1/s1. The Labute approximate surface area is 168 Å². The van der Waals surface area contributed by atoms with Gasteiger partial charge in [-0.05, 0) is 50.0 Å². The number of carbonyl (C=O) groups excluding carboxylic acids is 1. The largest absolute Gasteiger partial charge is 0.343 e. The molecule has 1 aromatic rings. The van der Waals surface area contributed by atoms with Gasteiger partial charge in [-0.25, -0.2) is 0 Å². The van der Waals surface area contributed by atoms with Crippen molar-refractivity contribution in [2.24, 2.45) is 11.8 Å². The quantitative estimate of drug-likeness (QED) is 0.782. The predicted molar refractivity (Wildman–Crippen MR) is 111 cm³/mol. The normalized spacial score (nSPS) is 28.3. The first kappa shape index (κ1) is 19.7. The lowest BCUT2D eigenvalue weighted by molar-refractivity contribution is -0.130. The fraction of sp³-hybridized carbons (Fsp3) is 0.739. The second-order valence-electron chi connectivity index (χ2n) is 9.55. The van der Waals surface area contributed by atoms with E-state index in [1.165, 1.54) is 18.5 Å². The van der Waals surface area contributed by atoms with Gasteiger partial charge in [-0.3, -0.25) is 14.5 Å². The average molecular weight is 386 g/mol. The van der Waals surface area contributed by atoms with Gasteiger partial charge in [0.25, 0.3) is 5.56 Å². The highest BCUT2D eigenvalue weighted by molar-refractivity contribution is 5.76. The minimum absolute atomic E-state index is 0.151. The topological polar surface area (TPSA) is 45.5 Å². The average Bonchev–Trinajstić information content (AvgIpc) is 2.84. The number of hydrogen-bond donors (Lipinski definition) is 0. The van der Waals surface area contributed by atoms with Crippen molar-refractivity contribution < 1.29 is 4.79 Å². The highest BCUT2D eigenvalue weighted by Gasteiger charge is 2.37. The fourth-order valence-corrected chi connectivity index (χ4v) is 5.55. The lowest BCUT2D eigenvalue weighted by Gasteiger charge is -2.45. The summed E-state index contributed by atoms with van der Waals surface area (Å²) in [5, 5.41) is 0. The molecule has 3 aliphatic heterocycles. The van der Waals surface area contributed by atoms with Gasteiger partial charge in [0.1, 0.15) is 0 Å². The molecule has 5 heteroatoms. The highest BCUT2D eigenvalue weighted by Crippen LogP contribution is 2.37. The summed E-state index contributed by atoms with van der Waals surface area (Å²) in [7, 11) is 0. The minimum atomic E-state index is 0.151. The van der Waals surface area contributed by atoms with E-state index in [9.17, 15) is 9.59 Å². The Balaban J connectivity index is 1.39. The number of nitrogens with zero attached hydrogens (tertiary/aromatic N) is 3. The van der Waals surface area contributed by atoms with Crippen LogP contribution in [0.15, 0.2) is 23.0 Å². The van der Waals surface area contributed by atoms with Gasteiger partial charge < -0.3 is 9.47 Å². The minimum Gasteiger partial charge on any atom is -0.343 e. The fourth-order valence-electron chi connectivity index (χ4n) is 5.55. The van der Waals surface area contributed by atoms with Crippen LogP contribution in [0.5, 0.6) is 0 Å². The second kappa shape index (κ2) is 8.40. The second-order valence-corrected chi connectivity index (χ2v) is 9.55. The van der Waals surface area contributed by atoms with Gasteiger partial charge >= 0.3 is 0 Å². The zero-order valence-electron chi connectivity index (χ0n) is 17.5. The van der Waals surface area contributed by atoms with Crippen LogP contribution in [0, 0.1) is 11.8 Å². The summed E-state index contributed by atoms with van der Waals surface area (Å²) in [5.74, 6) is 2.08. The third kappa shape index (κ3) is 4.19. The molecular formula is C23H35N3O2. The number of hydrogen-bond acceptors (Lipinski definition) is 3. The molecular weight excluding hydrogens is 350 g/mol.